The van der Waals surface area contributed by atoms with E-state index in [-0.39, 0.29) is 10.9 Å². The maximum atomic E-state index is 13.0. The van der Waals surface area contributed by atoms with Crippen molar-refractivity contribution in [2.45, 2.75) is 13.8 Å². The summed E-state index contributed by atoms with van der Waals surface area (Å²) >= 11 is 7.79. The lowest BCUT2D eigenvalue weighted by molar-refractivity contribution is 1.55. The van der Waals surface area contributed by atoms with Crippen LogP contribution in [0.3, 0.4) is 0 Å². The van der Waals surface area contributed by atoms with Crippen LogP contribution in [0.25, 0.3) is 41.7 Å². The Morgan fingerprint density at radius 2 is 1.08 bits per heavy atom. The van der Waals surface area contributed by atoms with Crippen LogP contribution in [-0.4, -0.2) is 0 Å². The van der Waals surface area contributed by atoms with Crippen molar-refractivity contribution in [3.8, 4) is 0 Å². The van der Waals surface area contributed by atoms with Crippen LogP contribution >= 0.6 is 67.9 Å². The van der Waals surface area contributed by atoms with Crippen molar-refractivity contribution in [1.82, 2.24) is 0 Å². The van der Waals surface area contributed by atoms with E-state index >= 15 is 0 Å². The highest BCUT2D eigenvalue weighted by Crippen LogP contribution is 2.42. The van der Waals surface area contributed by atoms with Gasteiger partial charge in [0.25, 0.3) is 0 Å². The van der Waals surface area contributed by atoms with Crippen molar-refractivity contribution < 1.29 is 0 Å². The van der Waals surface area contributed by atoms with Gasteiger partial charge in [0.15, 0.2) is 10.9 Å². The van der Waals surface area contributed by atoms with E-state index in [4.69, 9.17) is 0 Å². The van der Waals surface area contributed by atoms with E-state index < -0.39 is 0 Å². The van der Waals surface area contributed by atoms with Crippen molar-refractivity contribution >= 4 is 110 Å². The Morgan fingerprint density at radius 1 is 0.708 bits per heavy atom. The van der Waals surface area contributed by atoms with Crippen molar-refractivity contribution in [1.29, 1.82) is 0 Å². The summed E-state index contributed by atoms with van der Waals surface area (Å²) in [4.78, 5) is 26.0. The molecule has 2 aromatic heterocycles. The molecule has 0 atom stereocenters. The topological polar surface area (TPSA) is 34.1 Å². The van der Waals surface area contributed by atoms with Gasteiger partial charge in [-0.05, 0) is 82.3 Å². The van der Waals surface area contributed by atoms with E-state index in [1.165, 1.54) is 0 Å². The number of hydrogen-bond acceptors (Lipinski definition) is 4. The molecule has 5 aromatic rings. The molecule has 0 N–H and O–H groups in total. The van der Waals surface area contributed by atoms with Gasteiger partial charge in [-0.25, -0.2) is 0 Å². The Kier molecular flexibility index (Phi) is 3.25. The molecule has 0 amide bonds. The summed E-state index contributed by atoms with van der Waals surface area (Å²) in [5, 5.41) is 5.15. The summed E-state index contributed by atoms with van der Waals surface area (Å²) in [5.74, 6) is 0. The van der Waals surface area contributed by atoms with E-state index in [1.54, 1.807) is 22.7 Å². The van der Waals surface area contributed by atoms with Gasteiger partial charge in [0.05, 0.1) is 5.77 Å². The van der Waals surface area contributed by atoms with Crippen LogP contribution in [0, 0.1) is 19.6 Å². The highest BCUT2D eigenvalue weighted by atomic mass is 127. The molecule has 0 unspecified atom stereocenters. The van der Waals surface area contributed by atoms with Crippen molar-refractivity contribution in [3.05, 3.63) is 49.5 Å². The average molecular weight is 574 g/mol. The molecule has 0 fully saturated rings. The molecule has 118 valence electrons. The molecule has 0 aliphatic rings. The van der Waals surface area contributed by atoms with Crippen molar-refractivity contribution in [3.63, 3.8) is 0 Å². The highest BCUT2D eigenvalue weighted by Gasteiger charge is 2.24. The zero-order valence-electron chi connectivity index (χ0n) is 12.5. The van der Waals surface area contributed by atoms with Crippen LogP contribution in [-0.2, 0) is 0 Å². The Hall–Kier alpha value is -0.580. The van der Waals surface area contributed by atoms with Gasteiger partial charge in [-0.15, -0.1) is 22.7 Å². The van der Waals surface area contributed by atoms with Crippen LogP contribution in [0.5, 0.6) is 0 Å². The minimum absolute atomic E-state index is 0.106. The molecule has 24 heavy (non-hydrogen) atoms. The summed E-state index contributed by atoms with van der Waals surface area (Å²) in [5.41, 5.74) is 2.13. The standard InChI is InChI=1S/C18H8I2O2S2/c1-5-11-14(18-7(15(11)21)3-10(20)24-18)6(2)12-13(5)17-8(16(12)22)4-9(19)23-17/h3-4H,1-2H3. The normalized spacial score (nSPS) is 12.5. The first-order chi connectivity index (χ1) is 11.4. The highest BCUT2D eigenvalue weighted by molar-refractivity contribution is 14.1. The largest absolute Gasteiger partial charge is 0.289 e. The minimum atomic E-state index is 0.106. The SMILES string of the molecule is Cc1c2c(=O)c3cc(I)sc3c2c(C)c2c(=O)c3cc(I)sc3c12. The molecule has 2 heterocycles. The van der Waals surface area contributed by atoms with Gasteiger partial charge in [-0.3, -0.25) is 9.59 Å². The number of benzene rings is 1. The second kappa shape index (κ2) is 4.99. The summed E-state index contributed by atoms with van der Waals surface area (Å²) in [6, 6.07) is 3.93. The first-order valence-electron chi connectivity index (χ1n) is 7.26. The lowest BCUT2D eigenvalue weighted by atomic mass is 9.99. The second-order valence-electron chi connectivity index (χ2n) is 5.99. The van der Waals surface area contributed by atoms with E-state index in [1.807, 2.05) is 26.0 Å². The number of hydrogen-bond donors (Lipinski definition) is 0. The molecule has 6 heteroatoms. The van der Waals surface area contributed by atoms with Gasteiger partial charge in [0.1, 0.15) is 0 Å². The Labute approximate surface area is 171 Å². The summed E-state index contributed by atoms with van der Waals surface area (Å²) in [7, 11) is 0. The Balaban J connectivity index is 2.22. The predicted molar refractivity (Wildman–Crippen MR) is 122 cm³/mol. The predicted octanol–water partition coefficient (Wildman–Crippen LogP) is 5.84. The summed E-state index contributed by atoms with van der Waals surface area (Å²) in [6.07, 6.45) is 0. The first kappa shape index (κ1) is 15.7. The fraction of sp³-hybridized carbons (Fsp3) is 0.111. The van der Waals surface area contributed by atoms with Gasteiger partial charge in [-0.1, -0.05) is 0 Å². The third-order valence-electron chi connectivity index (χ3n) is 4.80. The monoisotopic (exact) mass is 574 g/mol. The molecule has 0 bridgehead atoms. The van der Waals surface area contributed by atoms with E-state index in [2.05, 4.69) is 45.2 Å². The molecule has 0 radical (unpaired) electrons. The third kappa shape index (κ3) is 1.75. The number of rotatable bonds is 0. The zero-order chi connectivity index (χ0) is 16.9. The summed E-state index contributed by atoms with van der Waals surface area (Å²) < 4.78 is 4.27. The number of fused-ring (bicyclic) bond motifs is 6. The van der Waals surface area contributed by atoms with Gasteiger partial charge in [0.2, 0.25) is 0 Å². The number of thiophene rings is 2. The van der Waals surface area contributed by atoms with E-state index in [0.29, 0.717) is 0 Å². The van der Waals surface area contributed by atoms with Gasteiger partial charge in [0, 0.05) is 41.7 Å². The number of aryl methyl sites for hydroxylation is 2. The van der Waals surface area contributed by atoms with E-state index in [0.717, 1.165) is 58.6 Å². The number of halogens is 2. The lowest BCUT2D eigenvalue weighted by Crippen LogP contribution is -2.00. The van der Waals surface area contributed by atoms with Crippen LogP contribution in [0.1, 0.15) is 11.1 Å². The molecule has 0 saturated heterocycles. The minimum Gasteiger partial charge on any atom is -0.289 e. The van der Waals surface area contributed by atoms with Gasteiger partial charge < -0.3 is 0 Å². The molecule has 0 aliphatic carbocycles. The average Bonchev–Trinajstić information content (AvgIpc) is 3.20. The lowest BCUT2D eigenvalue weighted by Gasteiger charge is -2.05. The van der Waals surface area contributed by atoms with Crippen molar-refractivity contribution in [2.75, 3.05) is 0 Å². The third-order valence-corrected chi connectivity index (χ3v) is 8.63. The maximum Gasteiger partial charge on any atom is 0.195 e. The molecule has 3 aromatic carbocycles. The summed E-state index contributed by atoms with van der Waals surface area (Å²) in [6.45, 7) is 3.98. The molecule has 0 aliphatic heterocycles. The second-order valence-corrected chi connectivity index (χ2v) is 11.9. The molecular formula is C18H8I2O2S2. The van der Waals surface area contributed by atoms with Crippen LogP contribution in [0.15, 0.2) is 21.7 Å². The van der Waals surface area contributed by atoms with Gasteiger partial charge >= 0.3 is 0 Å². The van der Waals surface area contributed by atoms with Crippen LogP contribution in [0.4, 0.5) is 0 Å². The Bertz CT molecular complexity index is 1320. The molecular weight excluding hydrogens is 566 g/mol. The maximum absolute atomic E-state index is 13.0. The zero-order valence-corrected chi connectivity index (χ0v) is 18.5. The van der Waals surface area contributed by atoms with Gasteiger partial charge in [-0.2, -0.15) is 0 Å². The van der Waals surface area contributed by atoms with Crippen LogP contribution < -0.4 is 10.9 Å². The Morgan fingerprint density at radius 3 is 1.46 bits per heavy atom. The molecule has 5 rings (SSSR count). The first-order valence-corrected chi connectivity index (χ1v) is 11.0. The smallest absolute Gasteiger partial charge is 0.195 e. The van der Waals surface area contributed by atoms with Crippen LogP contribution in [0.2, 0.25) is 0 Å². The molecule has 2 nitrogen and oxygen atoms in total. The van der Waals surface area contributed by atoms with E-state index in [9.17, 15) is 9.59 Å². The fourth-order valence-electron chi connectivity index (χ4n) is 3.84. The quantitative estimate of drug-likeness (QED) is 0.218. The fourth-order valence-corrected chi connectivity index (χ4v) is 7.76. The molecule has 0 spiro atoms. The molecule has 0 saturated carbocycles. The van der Waals surface area contributed by atoms with Crippen molar-refractivity contribution in [2.24, 2.45) is 0 Å².